The van der Waals surface area contributed by atoms with Crippen LogP contribution in [0.3, 0.4) is 0 Å². The van der Waals surface area contributed by atoms with E-state index in [-0.39, 0.29) is 4.90 Å². The molecule has 2 saturated heterocycles. The van der Waals surface area contributed by atoms with Crippen LogP contribution in [0.4, 0.5) is 0 Å². The molecule has 4 rings (SSSR count). The van der Waals surface area contributed by atoms with Gasteiger partial charge in [0.15, 0.2) is 0 Å². The molecule has 0 radical (unpaired) electrons. The Morgan fingerprint density at radius 3 is 2.42 bits per heavy atom. The quantitative estimate of drug-likeness (QED) is 0.730. The van der Waals surface area contributed by atoms with E-state index >= 15 is 0 Å². The van der Waals surface area contributed by atoms with Crippen LogP contribution in [0.25, 0.3) is 0 Å². The molecular weight excluding hydrogens is 374 g/mol. The number of morpholine rings is 1. The minimum absolute atomic E-state index is 0.276. The number of nitrogens with zero attached hydrogens (tertiary/aromatic N) is 3. The van der Waals surface area contributed by atoms with E-state index in [9.17, 15) is 8.42 Å². The van der Waals surface area contributed by atoms with E-state index in [4.69, 9.17) is 16.3 Å². The second kappa shape index (κ2) is 7.02. The molecule has 1 aliphatic carbocycles. The molecule has 2 aliphatic heterocycles. The lowest BCUT2D eigenvalue weighted by molar-refractivity contribution is -0.0670. The van der Waals surface area contributed by atoms with Crippen molar-refractivity contribution in [2.24, 2.45) is 5.41 Å². The predicted octanol–water partition coefficient (Wildman–Crippen LogP) is 2.31. The zero-order chi connectivity index (χ0) is 18.4. The largest absolute Gasteiger partial charge is 0.379 e. The number of piperidine rings is 1. The summed E-state index contributed by atoms with van der Waals surface area (Å²) >= 11 is 5.86. The Morgan fingerprint density at radius 1 is 1.15 bits per heavy atom. The van der Waals surface area contributed by atoms with E-state index in [1.807, 2.05) is 0 Å². The second-order valence-electron chi connectivity index (χ2n) is 7.83. The third-order valence-electron chi connectivity index (χ3n) is 6.30. The number of aromatic nitrogens is 1. The van der Waals surface area contributed by atoms with Gasteiger partial charge in [0.25, 0.3) is 0 Å². The highest BCUT2D eigenvalue weighted by atomic mass is 35.5. The zero-order valence-electron chi connectivity index (χ0n) is 15.2. The summed E-state index contributed by atoms with van der Waals surface area (Å²) in [4.78, 5) is 6.91. The number of rotatable bonds is 3. The smallest absolute Gasteiger partial charge is 0.244 e. The van der Waals surface area contributed by atoms with Crippen LogP contribution in [-0.4, -0.2) is 68.0 Å². The van der Waals surface area contributed by atoms with Gasteiger partial charge in [-0.2, -0.15) is 4.31 Å². The first-order valence-corrected chi connectivity index (χ1v) is 11.2. The van der Waals surface area contributed by atoms with Crippen LogP contribution in [-0.2, 0) is 14.8 Å². The molecule has 26 heavy (non-hydrogen) atoms. The Labute approximate surface area is 160 Å². The molecule has 0 unspecified atom stereocenters. The Hall–Kier alpha value is -0.730. The van der Waals surface area contributed by atoms with Crippen molar-refractivity contribution >= 4 is 21.6 Å². The minimum atomic E-state index is -3.49. The van der Waals surface area contributed by atoms with Crippen molar-refractivity contribution in [1.29, 1.82) is 0 Å². The van der Waals surface area contributed by atoms with E-state index in [0.717, 1.165) is 39.1 Å². The third kappa shape index (κ3) is 3.40. The van der Waals surface area contributed by atoms with Crippen LogP contribution in [0.5, 0.6) is 0 Å². The van der Waals surface area contributed by atoms with Crippen molar-refractivity contribution in [3.8, 4) is 0 Å². The lowest BCUT2D eigenvalue weighted by Gasteiger charge is -2.55. The van der Waals surface area contributed by atoms with Crippen molar-refractivity contribution < 1.29 is 13.2 Å². The first-order valence-electron chi connectivity index (χ1n) is 9.35. The highest BCUT2D eigenvalue weighted by molar-refractivity contribution is 7.89. The maximum atomic E-state index is 13.0. The molecule has 3 fully saturated rings. The van der Waals surface area contributed by atoms with Crippen LogP contribution in [0.15, 0.2) is 17.0 Å². The van der Waals surface area contributed by atoms with E-state index < -0.39 is 10.0 Å². The van der Waals surface area contributed by atoms with Crippen LogP contribution in [0.1, 0.15) is 31.4 Å². The van der Waals surface area contributed by atoms with Crippen LogP contribution in [0, 0.1) is 12.3 Å². The second-order valence-corrected chi connectivity index (χ2v) is 10.1. The van der Waals surface area contributed by atoms with E-state index in [2.05, 4.69) is 9.88 Å². The molecule has 144 valence electrons. The number of ether oxygens (including phenoxy) is 1. The van der Waals surface area contributed by atoms with Gasteiger partial charge >= 0.3 is 0 Å². The molecule has 0 aromatic carbocycles. The molecule has 6 nitrogen and oxygen atoms in total. The molecule has 1 saturated carbocycles. The Kier molecular flexibility index (Phi) is 5.03. The first-order chi connectivity index (χ1) is 12.4. The van der Waals surface area contributed by atoms with Crippen LogP contribution >= 0.6 is 11.6 Å². The molecule has 3 aliphatic rings. The predicted molar refractivity (Wildman–Crippen MR) is 99.8 cm³/mol. The summed E-state index contributed by atoms with van der Waals surface area (Å²) in [5.41, 5.74) is 0.802. The van der Waals surface area contributed by atoms with Gasteiger partial charge in [0, 0.05) is 32.2 Å². The summed E-state index contributed by atoms with van der Waals surface area (Å²) in [5, 5.41) is 0.322. The SMILES string of the molecule is Cc1nc(Cl)ccc1S(=O)(=O)N1CCC2(CC1)CC(N1CCOCC1)C2. The third-order valence-corrected chi connectivity index (χ3v) is 8.55. The van der Waals surface area contributed by atoms with Gasteiger partial charge in [0.2, 0.25) is 10.0 Å². The summed E-state index contributed by atoms with van der Waals surface area (Å²) in [7, 11) is -3.49. The van der Waals surface area contributed by atoms with Crippen molar-refractivity contribution in [3.63, 3.8) is 0 Å². The van der Waals surface area contributed by atoms with E-state index in [1.54, 1.807) is 23.4 Å². The topological polar surface area (TPSA) is 62.7 Å². The van der Waals surface area contributed by atoms with Crippen LogP contribution < -0.4 is 0 Å². The molecule has 1 spiro atoms. The Bertz CT molecular complexity index is 764. The summed E-state index contributed by atoms with van der Waals surface area (Å²) in [6, 6.07) is 3.78. The molecular formula is C18H26ClN3O3S. The monoisotopic (exact) mass is 399 g/mol. The minimum Gasteiger partial charge on any atom is -0.379 e. The van der Waals surface area contributed by atoms with Gasteiger partial charge in [0.1, 0.15) is 10.0 Å². The van der Waals surface area contributed by atoms with Gasteiger partial charge in [0.05, 0.1) is 18.9 Å². The number of pyridine rings is 1. The average molecular weight is 400 g/mol. The van der Waals surface area contributed by atoms with Gasteiger partial charge in [-0.1, -0.05) is 11.6 Å². The molecule has 0 N–H and O–H groups in total. The van der Waals surface area contributed by atoms with Crippen molar-refractivity contribution in [2.45, 2.75) is 43.5 Å². The number of halogens is 1. The molecule has 0 bridgehead atoms. The van der Waals surface area contributed by atoms with Crippen molar-refractivity contribution in [1.82, 2.24) is 14.2 Å². The first kappa shape index (κ1) is 18.6. The fourth-order valence-electron chi connectivity index (χ4n) is 4.68. The normalized spacial score (nSPS) is 25.3. The Morgan fingerprint density at radius 2 is 1.81 bits per heavy atom. The van der Waals surface area contributed by atoms with E-state index in [0.29, 0.717) is 35.4 Å². The van der Waals surface area contributed by atoms with Crippen molar-refractivity contribution in [3.05, 3.63) is 23.0 Å². The Balaban J connectivity index is 1.38. The summed E-state index contributed by atoms with van der Waals surface area (Å²) in [5.74, 6) is 0. The molecule has 1 aromatic heterocycles. The molecule has 3 heterocycles. The number of sulfonamides is 1. The summed E-state index contributed by atoms with van der Waals surface area (Å²) < 4.78 is 33.0. The van der Waals surface area contributed by atoms with Gasteiger partial charge < -0.3 is 4.74 Å². The highest BCUT2D eigenvalue weighted by Gasteiger charge is 2.49. The summed E-state index contributed by atoms with van der Waals surface area (Å²) in [6.07, 6.45) is 4.30. The van der Waals surface area contributed by atoms with Gasteiger partial charge in [-0.05, 0) is 50.2 Å². The van der Waals surface area contributed by atoms with Gasteiger partial charge in [-0.15, -0.1) is 0 Å². The van der Waals surface area contributed by atoms with Gasteiger partial charge in [-0.3, -0.25) is 4.90 Å². The maximum absolute atomic E-state index is 13.0. The maximum Gasteiger partial charge on any atom is 0.244 e. The number of aryl methyl sites for hydroxylation is 1. The van der Waals surface area contributed by atoms with E-state index in [1.165, 1.54) is 12.8 Å². The van der Waals surface area contributed by atoms with Gasteiger partial charge in [-0.25, -0.2) is 13.4 Å². The van der Waals surface area contributed by atoms with Crippen LogP contribution in [0.2, 0.25) is 5.15 Å². The molecule has 0 amide bonds. The molecule has 1 aromatic rings. The fourth-order valence-corrected chi connectivity index (χ4v) is 6.47. The lowest BCUT2D eigenvalue weighted by Crippen LogP contribution is -2.57. The molecule has 0 atom stereocenters. The average Bonchev–Trinajstić information content (AvgIpc) is 2.60. The number of hydrogen-bond acceptors (Lipinski definition) is 5. The zero-order valence-corrected chi connectivity index (χ0v) is 16.7. The van der Waals surface area contributed by atoms with Crippen molar-refractivity contribution in [2.75, 3.05) is 39.4 Å². The highest BCUT2D eigenvalue weighted by Crippen LogP contribution is 2.51. The standard InChI is InChI=1S/C18H26ClN3O3S/c1-14-16(2-3-17(19)20-14)26(23,24)22-6-4-18(5-7-22)12-15(13-18)21-8-10-25-11-9-21/h2-3,15H,4-13H2,1H3. The lowest BCUT2D eigenvalue weighted by atomic mass is 9.60. The number of hydrogen-bond donors (Lipinski definition) is 0. The fraction of sp³-hybridized carbons (Fsp3) is 0.722. The summed E-state index contributed by atoms with van der Waals surface area (Å²) in [6.45, 7) is 6.63. The molecule has 8 heteroatoms.